The van der Waals surface area contributed by atoms with Crippen LogP contribution in [0.4, 0.5) is 5.69 Å². The lowest BCUT2D eigenvalue weighted by molar-refractivity contribution is -0.127. The lowest BCUT2D eigenvalue weighted by Gasteiger charge is -2.19. The highest BCUT2D eigenvalue weighted by molar-refractivity contribution is 8.00. The van der Waals surface area contributed by atoms with Crippen LogP contribution in [0.3, 0.4) is 0 Å². The number of carbonyl (C=O) groups excluding carboxylic acids is 1. The Bertz CT molecular complexity index is 461. The molecule has 0 aliphatic heterocycles. The molecule has 19 heavy (non-hydrogen) atoms. The van der Waals surface area contributed by atoms with Crippen molar-refractivity contribution in [1.29, 1.82) is 0 Å². The molecule has 0 saturated heterocycles. The van der Waals surface area contributed by atoms with Gasteiger partial charge in [0.2, 0.25) is 5.91 Å². The topological polar surface area (TPSA) is 46.3 Å². The van der Waals surface area contributed by atoms with Crippen molar-refractivity contribution in [2.45, 2.75) is 11.8 Å². The van der Waals surface area contributed by atoms with E-state index < -0.39 is 0 Å². The standard InChI is InChI=1S/C15H20N2OS/c1-4-9-17(10-5-2)14(18)11-19-13-8-6-7-12(3)15(13)16/h4-8H,1-2,9-11,16H2,3H3. The molecule has 102 valence electrons. The number of nitrogens with zero attached hydrogens (tertiary/aromatic N) is 1. The Kier molecular flexibility index (Phi) is 6.22. The van der Waals surface area contributed by atoms with Crippen LogP contribution in [0, 0.1) is 6.92 Å². The number of amides is 1. The number of nitrogen functional groups attached to an aromatic ring is 1. The van der Waals surface area contributed by atoms with Gasteiger partial charge < -0.3 is 10.6 Å². The van der Waals surface area contributed by atoms with Gasteiger partial charge in [-0.15, -0.1) is 24.9 Å². The normalized spacial score (nSPS) is 9.95. The maximum absolute atomic E-state index is 12.1. The molecular weight excluding hydrogens is 256 g/mol. The van der Waals surface area contributed by atoms with Crippen LogP contribution in [0.5, 0.6) is 0 Å². The zero-order valence-corrected chi connectivity index (χ0v) is 12.1. The Balaban J connectivity index is 2.64. The van der Waals surface area contributed by atoms with Gasteiger partial charge in [0.15, 0.2) is 0 Å². The number of hydrogen-bond acceptors (Lipinski definition) is 3. The Morgan fingerprint density at radius 3 is 2.58 bits per heavy atom. The van der Waals surface area contributed by atoms with E-state index in [9.17, 15) is 4.79 Å². The summed E-state index contributed by atoms with van der Waals surface area (Å²) in [7, 11) is 0. The largest absolute Gasteiger partial charge is 0.398 e. The molecule has 0 radical (unpaired) electrons. The zero-order chi connectivity index (χ0) is 14.3. The molecule has 0 spiro atoms. The van der Waals surface area contributed by atoms with Crippen molar-refractivity contribution in [2.75, 3.05) is 24.6 Å². The van der Waals surface area contributed by atoms with Crippen molar-refractivity contribution in [3.8, 4) is 0 Å². The van der Waals surface area contributed by atoms with Crippen LogP contribution in [-0.2, 0) is 4.79 Å². The molecule has 3 nitrogen and oxygen atoms in total. The summed E-state index contributed by atoms with van der Waals surface area (Å²) < 4.78 is 0. The second kappa shape index (κ2) is 7.69. The minimum Gasteiger partial charge on any atom is -0.398 e. The van der Waals surface area contributed by atoms with Crippen LogP contribution in [0.2, 0.25) is 0 Å². The maximum Gasteiger partial charge on any atom is 0.233 e. The molecule has 0 heterocycles. The summed E-state index contributed by atoms with van der Waals surface area (Å²) in [6.07, 6.45) is 3.43. The highest BCUT2D eigenvalue weighted by atomic mass is 32.2. The van der Waals surface area contributed by atoms with Crippen molar-refractivity contribution < 1.29 is 4.79 Å². The predicted octanol–water partition coefficient (Wildman–Crippen LogP) is 2.87. The molecule has 1 aromatic rings. The van der Waals surface area contributed by atoms with Gasteiger partial charge in [-0.3, -0.25) is 4.79 Å². The fourth-order valence-corrected chi connectivity index (χ4v) is 2.55. The highest BCUT2D eigenvalue weighted by Crippen LogP contribution is 2.27. The first-order chi connectivity index (χ1) is 9.10. The number of rotatable bonds is 7. The number of thioether (sulfide) groups is 1. The summed E-state index contributed by atoms with van der Waals surface area (Å²) in [5, 5.41) is 0. The van der Waals surface area contributed by atoms with E-state index in [1.807, 2.05) is 25.1 Å². The average Bonchev–Trinajstić information content (AvgIpc) is 2.40. The smallest absolute Gasteiger partial charge is 0.233 e. The number of nitrogens with two attached hydrogens (primary N) is 1. The molecule has 0 unspecified atom stereocenters. The highest BCUT2D eigenvalue weighted by Gasteiger charge is 2.12. The Morgan fingerprint density at radius 2 is 2.00 bits per heavy atom. The van der Waals surface area contributed by atoms with Gasteiger partial charge in [0, 0.05) is 23.7 Å². The van der Waals surface area contributed by atoms with Gasteiger partial charge in [0.05, 0.1) is 5.75 Å². The van der Waals surface area contributed by atoms with Crippen LogP contribution >= 0.6 is 11.8 Å². The van der Waals surface area contributed by atoms with Gasteiger partial charge in [-0.25, -0.2) is 0 Å². The summed E-state index contributed by atoms with van der Waals surface area (Å²) >= 11 is 1.46. The summed E-state index contributed by atoms with van der Waals surface area (Å²) in [5.74, 6) is 0.431. The summed E-state index contributed by atoms with van der Waals surface area (Å²) in [4.78, 5) is 14.7. The van der Waals surface area contributed by atoms with E-state index in [0.717, 1.165) is 16.1 Å². The molecule has 2 N–H and O–H groups in total. The first-order valence-corrected chi connectivity index (χ1v) is 7.06. The van der Waals surface area contributed by atoms with E-state index in [-0.39, 0.29) is 5.91 Å². The average molecular weight is 276 g/mol. The van der Waals surface area contributed by atoms with Gasteiger partial charge in [0.1, 0.15) is 0 Å². The second-order valence-electron chi connectivity index (χ2n) is 4.15. The van der Waals surface area contributed by atoms with E-state index in [0.29, 0.717) is 18.8 Å². The van der Waals surface area contributed by atoms with Crippen molar-refractivity contribution in [3.63, 3.8) is 0 Å². The summed E-state index contributed by atoms with van der Waals surface area (Å²) in [5.41, 5.74) is 7.77. The first kappa shape index (κ1) is 15.4. The molecule has 0 atom stereocenters. The number of para-hydroxylation sites is 1. The van der Waals surface area contributed by atoms with Crippen molar-refractivity contribution in [2.24, 2.45) is 0 Å². The Labute approximate surface area is 119 Å². The van der Waals surface area contributed by atoms with E-state index in [4.69, 9.17) is 5.73 Å². The van der Waals surface area contributed by atoms with Crippen LogP contribution in [0.15, 0.2) is 48.4 Å². The summed E-state index contributed by atoms with van der Waals surface area (Å²) in [6, 6.07) is 5.85. The number of hydrogen-bond donors (Lipinski definition) is 1. The molecule has 0 fully saturated rings. The molecule has 0 bridgehead atoms. The third kappa shape index (κ3) is 4.48. The minimum atomic E-state index is 0.0608. The SMILES string of the molecule is C=CCN(CC=C)C(=O)CSc1cccc(C)c1N. The molecule has 0 aliphatic carbocycles. The first-order valence-electron chi connectivity index (χ1n) is 6.07. The monoisotopic (exact) mass is 276 g/mol. The molecule has 1 amide bonds. The fraction of sp³-hybridized carbons (Fsp3) is 0.267. The predicted molar refractivity (Wildman–Crippen MR) is 83.3 cm³/mol. The lowest BCUT2D eigenvalue weighted by Crippen LogP contribution is -2.32. The number of anilines is 1. The number of benzene rings is 1. The molecule has 4 heteroatoms. The van der Waals surface area contributed by atoms with Crippen LogP contribution in [0.1, 0.15) is 5.56 Å². The van der Waals surface area contributed by atoms with E-state index in [1.165, 1.54) is 11.8 Å². The number of carbonyl (C=O) groups is 1. The Morgan fingerprint density at radius 1 is 1.37 bits per heavy atom. The molecule has 0 aromatic heterocycles. The Hall–Kier alpha value is -1.68. The van der Waals surface area contributed by atoms with Gasteiger partial charge in [-0.2, -0.15) is 0 Å². The van der Waals surface area contributed by atoms with Crippen molar-refractivity contribution >= 4 is 23.4 Å². The quantitative estimate of drug-likeness (QED) is 0.473. The molecule has 1 aromatic carbocycles. The van der Waals surface area contributed by atoms with E-state index in [2.05, 4.69) is 13.2 Å². The van der Waals surface area contributed by atoms with Gasteiger partial charge in [-0.05, 0) is 18.6 Å². The molecule has 0 saturated carbocycles. The molecule has 0 aliphatic rings. The third-order valence-electron chi connectivity index (χ3n) is 2.69. The van der Waals surface area contributed by atoms with Crippen LogP contribution < -0.4 is 5.73 Å². The fourth-order valence-electron chi connectivity index (χ4n) is 1.60. The summed E-state index contributed by atoms with van der Waals surface area (Å²) in [6.45, 7) is 10.3. The van der Waals surface area contributed by atoms with E-state index >= 15 is 0 Å². The number of aryl methyl sites for hydroxylation is 1. The second-order valence-corrected chi connectivity index (χ2v) is 5.17. The van der Waals surface area contributed by atoms with Crippen LogP contribution in [0.25, 0.3) is 0 Å². The van der Waals surface area contributed by atoms with Gasteiger partial charge >= 0.3 is 0 Å². The van der Waals surface area contributed by atoms with Crippen molar-refractivity contribution in [1.82, 2.24) is 4.90 Å². The molecular formula is C15H20N2OS. The van der Waals surface area contributed by atoms with Crippen molar-refractivity contribution in [3.05, 3.63) is 49.1 Å². The van der Waals surface area contributed by atoms with Gasteiger partial charge in [-0.1, -0.05) is 24.3 Å². The molecule has 1 rings (SSSR count). The maximum atomic E-state index is 12.1. The zero-order valence-electron chi connectivity index (χ0n) is 11.3. The minimum absolute atomic E-state index is 0.0608. The van der Waals surface area contributed by atoms with Gasteiger partial charge in [0.25, 0.3) is 0 Å². The van der Waals surface area contributed by atoms with Crippen LogP contribution in [-0.4, -0.2) is 29.6 Å². The van der Waals surface area contributed by atoms with E-state index in [1.54, 1.807) is 17.1 Å². The lowest BCUT2D eigenvalue weighted by atomic mass is 10.2. The third-order valence-corrected chi connectivity index (χ3v) is 3.75.